The number of aromatic nitrogens is 4. The number of methoxy groups -OCH3 is 1. The van der Waals surface area contributed by atoms with Crippen molar-refractivity contribution in [2.75, 3.05) is 17.7 Å². The van der Waals surface area contributed by atoms with Crippen molar-refractivity contribution in [2.45, 2.75) is 19.9 Å². The van der Waals surface area contributed by atoms with Crippen LogP contribution < -0.4 is 20.9 Å². The maximum Gasteiger partial charge on any atom is 0.412 e. The number of nitrogens with one attached hydrogen (secondary N) is 2. The lowest BCUT2D eigenvalue weighted by atomic mass is 10.1. The maximum atomic E-state index is 14.7. The van der Waals surface area contributed by atoms with Crippen molar-refractivity contribution in [3.05, 3.63) is 65.0 Å². The summed E-state index contributed by atoms with van der Waals surface area (Å²) in [4.78, 5) is 36.9. The van der Waals surface area contributed by atoms with Crippen LogP contribution in [0.3, 0.4) is 0 Å². The molecule has 0 bridgehead atoms. The van der Waals surface area contributed by atoms with E-state index in [1.807, 2.05) is 13.8 Å². The lowest BCUT2D eigenvalue weighted by molar-refractivity contribution is 0.186. The van der Waals surface area contributed by atoms with E-state index in [1.165, 1.54) is 23.0 Å². The number of hydrogen-bond donors (Lipinski definition) is 2. The van der Waals surface area contributed by atoms with Crippen LogP contribution in [0.5, 0.6) is 11.5 Å². The molecule has 10 nitrogen and oxygen atoms in total. The number of carbonyl (C=O) groups excluding carboxylic acids is 1. The number of nitrogens with zero attached hydrogens (tertiary/aromatic N) is 4. The molecule has 0 fully saturated rings. The molecule has 11 heteroatoms. The Hall–Kier alpha value is -4.54. The van der Waals surface area contributed by atoms with E-state index in [4.69, 9.17) is 4.74 Å². The van der Waals surface area contributed by atoms with Gasteiger partial charge in [-0.05, 0) is 38.1 Å². The number of fused-ring (bicyclic) bond motifs is 1. The van der Waals surface area contributed by atoms with Crippen LogP contribution in [0.2, 0.25) is 0 Å². The third kappa shape index (κ3) is 5.03. The number of benzene rings is 1. The van der Waals surface area contributed by atoms with Gasteiger partial charge in [-0.15, -0.1) is 0 Å². The summed E-state index contributed by atoms with van der Waals surface area (Å²) in [5, 5.41) is 6.03. The van der Waals surface area contributed by atoms with Gasteiger partial charge in [-0.25, -0.2) is 19.7 Å². The van der Waals surface area contributed by atoms with Crippen molar-refractivity contribution in [2.24, 2.45) is 7.05 Å². The third-order valence-electron chi connectivity index (χ3n) is 5.01. The van der Waals surface area contributed by atoms with Crippen LogP contribution in [0.25, 0.3) is 22.2 Å². The van der Waals surface area contributed by atoms with Crippen molar-refractivity contribution in [1.29, 1.82) is 0 Å². The zero-order chi connectivity index (χ0) is 25.1. The van der Waals surface area contributed by atoms with E-state index in [9.17, 15) is 14.0 Å². The summed E-state index contributed by atoms with van der Waals surface area (Å²) in [5.74, 6) is -0.455. The first kappa shape index (κ1) is 23.6. The van der Waals surface area contributed by atoms with Gasteiger partial charge in [0.15, 0.2) is 11.6 Å². The minimum absolute atomic E-state index is 0.125. The fraction of sp³-hybridized carbons (Fsp3) is 0.208. The summed E-state index contributed by atoms with van der Waals surface area (Å²) >= 11 is 0. The quantitative estimate of drug-likeness (QED) is 0.420. The van der Waals surface area contributed by atoms with E-state index in [1.54, 1.807) is 37.4 Å². The van der Waals surface area contributed by atoms with E-state index >= 15 is 0 Å². The number of hydrogen-bond acceptors (Lipinski definition) is 8. The zero-order valence-electron chi connectivity index (χ0n) is 19.5. The summed E-state index contributed by atoms with van der Waals surface area (Å²) in [5.41, 5.74) is 1.24. The average molecular weight is 478 g/mol. The molecular formula is C24H23FN6O4. The Morgan fingerprint density at radius 3 is 2.69 bits per heavy atom. The number of ether oxygens (including phenoxy) is 2. The summed E-state index contributed by atoms with van der Waals surface area (Å²) in [6.07, 6.45) is 1.96. The second-order valence-electron chi connectivity index (χ2n) is 7.90. The minimum atomic E-state index is -0.850. The van der Waals surface area contributed by atoms with Crippen LogP contribution >= 0.6 is 0 Å². The molecule has 35 heavy (non-hydrogen) atoms. The Labute approximate surface area is 199 Å². The van der Waals surface area contributed by atoms with Crippen LogP contribution in [0.4, 0.5) is 21.0 Å². The molecule has 3 aromatic heterocycles. The second-order valence-corrected chi connectivity index (χ2v) is 7.90. The number of carbonyl (C=O) groups is 1. The largest absolute Gasteiger partial charge is 0.454 e. The molecule has 0 aliphatic heterocycles. The van der Waals surface area contributed by atoms with Crippen LogP contribution in [0.1, 0.15) is 13.8 Å². The van der Waals surface area contributed by atoms with Gasteiger partial charge < -0.3 is 14.8 Å². The highest BCUT2D eigenvalue weighted by Gasteiger charge is 2.15. The highest BCUT2D eigenvalue weighted by atomic mass is 19.1. The molecule has 0 spiro atoms. The molecule has 0 unspecified atom stereocenters. The van der Waals surface area contributed by atoms with E-state index in [2.05, 4.69) is 30.3 Å². The zero-order valence-corrected chi connectivity index (χ0v) is 19.5. The van der Waals surface area contributed by atoms with E-state index in [-0.39, 0.29) is 23.2 Å². The highest BCUT2D eigenvalue weighted by Crippen LogP contribution is 2.30. The topological polar surface area (TPSA) is 120 Å². The third-order valence-corrected chi connectivity index (χ3v) is 5.01. The van der Waals surface area contributed by atoms with Crippen LogP contribution in [0.15, 0.2) is 53.6 Å². The normalized spacial score (nSPS) is 10.9. The second kappa shape index (κ2) is 9.75. The molecule has 3 heterocycles. The summed E-state index contributed by atoms with van der Waals surface area (Å²) in [7, 11) is 2.81. The first-order valence-corrected chi connectivity index (χ1v) is 10.7. The molecule has 1 amide bonds. The van der Waals surface area contributed by atoms with Crippen molar-refractivity contribution in [3.8, 4) is 22.8 Å². The standard InChI is InChI=1S/C24H23FN6O4/c1-13(2)28-23-27-12-16(22(32)31(23)3)18-7-5-14-11-15(6-8-17(14)29-18)35-19-9-10-26-21(20(19)25)30-24(33)34-4/h5-13H,1-4H3,(H,27,28)(H,26,30,33). The van der Waals surface area contributed by atoms with Gasteiger partial charge in [-0.2, -0.15) is 4.39 Å². The predicted molar refractivity (Wildman–Crippen MR) is 129 cm³/mol. The molecule has 2 N–H and O–H groups in total. The van der Waals surface area contributed by atoms with Crippen molar-refractivity contribution in [1.82, 2.24) is 19.5 Å². The highest BCUT2D eigenvalue weighted by molar-refractivity contribution is 5.84. The molecule has 1 aromatic carbocycles. The summed E-state index contributed by atoms with van der Waals surface area (Å²) in [6.45, 7) is 3.92. The number of pyridine rings is 2. The van der Waals surface area contributed by atoms with E-state index in [0.29, 0.717) is 28.5 Å². The van der Waals surface area contributed by atoms with E-state index in [0.717, 1.165) is 12.5 Å². The number of amides is 1. The Morgan fingerprint density at radius 1 is 1.14 bits per heavy atom. The summed E-state index contributed by atoms with van der Waals surface area (Å²) < 4.78 is 26.2. The van der Waals surface area contributed by atoms with E-state index < -0.39 is 11.9 Å². The van der Waals surface area contributed by atoms with Gasteiger partial charge in [0.05, 0.1) is 23.9 Å². The first-order valence-electron chi connectivity index (χ1n) is 10.7. The SMILES string of the molecule is COC(=O)Nc1nccc(Oc2ccc3nc(-c4cnc(NC(C)C)n(C)c4=O)ccc3c2)c1F. The first-order chi connectivity index (χ1) is 16.8. The number of rotatable bonds is 6. The number of anilines is 2. The Bertz CT molecular complexity index is 1470. The molecule has 4 aromatic rings. The maximum absolute atomic E-state index is 14.7. The smallest absolute Gasteiger partial charge is 0.412 e. The lowest BCUT2D eigenvalue weighted by Crippen LogP contribution is -2.25. The van der Waals surface area contributed by atoms with Crippen LogP contribution in [0, 0.1) is 5.82 Å². The molecule has 0 atom stereocenters. The van der Waals surface area contributed by atoms with Gasteiger partial charge in [0.2, 0.25) is 11.8 Å². The molecule has 0 radical (unpaired) electrons. The Morgan fingerprint density at radius 2 is 1.94 bits per heavy atom. The predicted octanol–water partition coefficient (Wildman–Crippen LogP) is 4.32. The molecule has 0 aliphatic rings. The van der Waals surface area contributed by atoms with Gasteiger partial charge in [0.1, 0.15) is 5.75 Å². The minimum Gasteiger partial charge on any atom is -0.454 e. The molecule has 180 valence electrons. The Kier molecular flexibility index (Phi) is 6.58. The fourth-order valence-electron chi connectivity index (χ4n) is 3.30. The van der Waals surface area contributed by atoms with Gasteiger partial charge in [-0.3, -0.25) is 14.7 Å². The number of halogens is 1. The van der Waals surface area contributed by atoms with Crippen molar-refractivity contribution < 1.29 is 18.7 Å². The Balaban J connectivity index is 1.61. The summed E-state index contributed by atoms with van der Waals surface area (Å²) in [6, 6.07) is 9.98. The van der Waals surface area contributed by atoms with Crippen LogP contribution in [-0.2, 0) is 11.8 Å². The molecule has 0 saturated heterocycles. The molecule has 0 aliphatic carbocycles. The lowest BCUT2D eigenvalue weighted by Gasteiger charge is -2.13. The molecular weight excluding hydrogens is 455 g/mol. The average Bonchev–Trinajstić information content (AvgIpc) is 2.84. The van der Waals surface area contributed by atoms with Crippen molar-refractivity contribution in [3.63, 3.8) is 0 Å². The van der Waals surface area contributed by atoms with Gasteiger partial charge in [-0.1, -0.05) is 6.07 Å². The van der Waals surface area contributed by atoms with Crippen LogP contribution in [-0.4, -0.2) is 38.8 Å². The van der Waals surface area contributed by atoms with Gasteiger partial charge in [0, 0.05) is 36.9 Å². The molecule has 0 saturated carbocycles. The van der Waals surface area contributed by atoms with Gasteiger partial charge >= 0.3 is 6.09 Å². The van der Waals surface area contributed by atoms with Crippen molar-refractivity contribution >= 4 is 28.8 Å². The monoisotopic (exact) mass is 478 g/mol. The molecule has 4 rings (SSSR count). The van der Waals surface area contributed by atoms with Gasteiger partial charge in [0.25, 0.3) is 5.56 Å². The fourth-order valence-corrected chi connectivity index (χ4v) is 3.30.